The second kappa shape index (κ2) is 3.95. The van der Waals surface area contributed by atoms with Crippen molar-refractivity contribution >= 4 is 5.69 Å². The van der Waals surface area contributed by atoms with Crippen molar-refractivity contribution in [1.82, 2.24) is 19.6 Å². The molecule has 0 aromatic carbocycles. The van der Waals surface area contributed by atoms with E-state index in [1.165, 1.54) is 0 Å². The van der Waals surface area contributed by atoms with Crippen molar-refractivity contribution in [1.29, 1.82) is 0 Å². The fourth-order valence-electron chi connectivity index (χ4n) is 1.26. The standard InChI is InChI=1S/C9H13N5/c1-13-8-9(7-12-13)10-4-6-14-5-2-3-11-14/h2-3,5,7-8,10H,4,6H2,1H3. The van der Waals surface area contributed by atoms with Gasteiger partial charge in [0.2, 0.25) is 0 Å². The smallest absolute Gasteiger partial charge is 0.0726 e. The van der Waals surface area contributed by atoms with Crippen molar-refractivity contribution in [2.75, 3.05) is 11.9 Å². The van der Waals surface area contributed by atoms with Crippen molar-refractivity contribution < 1.29 is 0 Å². The summed E-state index contributed by atoms with van der Waals surface area (Å²) in [5.74, 6) is 0. The molecule has 0 unspecified atom stereocenters. The third kappa shape index (κ3) is 2.12. The Kier molecular flexibility index (Phi) is 2.48. The van der Waals surface area contributed by atoms with Crippen LogP contribution in [0.3, 0.4) is 0 Å². The average Bonchev–Trinajstić information content (AvgIpc) is 2.77. The van der Waals surface area contributed by atoms with E-state index < -0.39 is 0 Å². The molecule has 2 rings (SSSR count). The molecule has 2 aromatic rings. The summed E-state index contributed by atoms with van der Waals surface area (Å²) >= 11 is 0. The highest BCUT2D eigenvalue weighted by Gasteiger charge is 1.94. The van der Waals surface area contributed by atoms with Crippen LogP contribution in [0.5, 0.6) is 0 Å². The number of rotatable bonds is 4. The zero-order valence-electron chi connectivity index (χ0n) is 8.09. The Balaban J connectivity index is 1.78. The maximum atomic E-state index is 4.11. The van der Waals surface area contributed by atoms with Crippen LogP contribution in [0.2, 0.25) is 0 Å². The van der Waals surface area contributed by atoms with Crippen LogP contribution in [0, 0.1) is 0 Å². The zero-order chi connectivity index (χ0) is 9.80. The van der Waals surface area contributed by atoms with Crippen LogP contribution < -0.4 is 5.32 Å². The third-order valence-electron chi connectivity index (χ3n) is 1.93. The van der Waals surface area contributed by atoms with Gasteiger partial charge in [-0.25, -0.2) is 0 Å². The van der Waals surface area contributed by atoms with E-state index in [2.05, 4.69) is 15.5 Å². The molecular weight excluding hydrogens is 178 g/mol. The monoisotopic (exact) mass is 191 g/mol. The molecule has 0 bridgehead atoms. The average molecular weight is 191 g/mol. The summed E-state index contributed by atoms with van der Waals surface area (Å²) in [7, 11) is 1.90. The second-order valence-electron chi connectivity index (χ2n) is 3.10. The molecule has 5 heteroatoms. The molecule has 0 aliphatic heterocycles. The Bertz CT molecular complexity index is 376. The van der Waals surface area contributed by atoms with Gasteiger partial charge in [0.15, 0.2) is 0 Å². The Morgan fingerprint density at radius 3 is 3.00 bits per heavy atom. The molecule has 1 N–H and O–H groups in total. The first kappa shape index (κ1) is 8.80. The van der Waals surface area contributed by atoms with Crippen molar-refractivity contribution in [3.8, 4) is 0 Å². The molecule has 0 fully saturated rings. The first-order valence-corrected chi connectivity index (χ1v) is 4.54. The minimum atomic E-state index is 0.855. The highest BCUT2D eigenvalue weighted by molar-refractivity contribution is 5.37. The summed E-state index contributed by atoms with van der Waals surface area (Å²) in [5, 5.41) is 11.4. The number of hydrogen-bond acceptors (Lipinski definition) is 3. The summed E-state index contributed by atoms with van der Waals surface area (Å²) in [5.41, 5.74) is 1.04. The van der Waals surface area contributed by atoms with Gasteiger partial charge < -0.3 is 5.32 Å². The fourth-order valence-corrected chi connectivity index (χ4v) is 1.26. The number of nitrogens with one attached hydrogen (secondary N) is 1. The molecular formula is C9H13N5. The van der Waals surface area contributed by atoms with E-state index in [0.29, 0.717) is 0 Å². The molecule has 2 aromatic heterocycles. The Morgan fingerprint density at radius 2 is 2.36 bits per heavy atom. The molecule has 5 nitrogen and oxygen atoms in total. The first-order chi connectivity index (χ1) is 6.84. The summed E-state index contributed by atoms with van der Waals surface area (Å²) < 4.78 is 3.67. The van der Waals surface area contributed by atoms with E-state index in [1.54, 1.807) is 10.9 Å². The van der Waals surface area contributed by atoms with Crippen LogP contribution in [0.1, 0.15) is 0 Å². The third-order valence-corrected chi connectivity index (χ3v) is 1.93. The number of hydrogen-bond donors (Lipinski definition) is 1. The van der Waals surface area contributed by atoms with Gasteiger partial charge in [0.1, 0.15) is 0 Å². The minimum Gasteiger partial charge on any atom is -0.381 e. The van der Waals surface area contributed by atoms with E-state index in [4.69, 9.17) is 0 Å². The molecule has 2 heterocycles. The highest BCUT2D eigenvalue weighted by atomic mass is 15.3. The van der Waals surface area contributed by atoms with E-state index in [1.807, 2.05) is 36.4 Å². The fraction of sp³-hybridized carbons (Fsp3) is 0.333. The topological polar surface area (TPSA) is 47.7 Å². The van der Waals surface area contributed by atoms with Gasteiger partial charge in [-0.2, -0.15) is 10.2 Å². The van der Waals surface area contributed by atoms with Gasteiger partial charge in [-0.05, 0) is 6.07 Å². The van der Waals surface area contributed by atoms with Crippen molar-refractivity contribution in [2.45, 2.75) is 6.54 Å². The predicted molar refractivity (Wildman–Crippen MR) is 53.9 cm³/mol. The van der Waals surface area contributed by atoms with Gasteiger partial charge in [0.05, 0.1) is 18.4 Å². The van der Waals surface area contributed by atoms with Crippen molar-refractivity contribution in [3.05, 3.63) is 30.9 Å². The van der Waals surface area contributed by atoms with E-state index in [0.717, 1.165) is 18.8 Å². The van der Waals surface area contributed by atoms with Crippen LogP contribution in [0.25, 0.3) is 0 Å². The van der Waals surface area contributed by atoms with Crippen LogP contribution in [-0.2, 0) is 13.6 Å². The van der Waals surface area contributed by atoms with Gasteiger partial charge in [-0.1, -0.05) is 0 Å². The lowest BCUT2D eigenvalue weighted by molar-refractivity contribution is 0.638. The Hall–Kier alpha value is -1.78. The lowest BCUT2D eigenvalue weighted by Crippen LogP contribution is -2.10. The van der Waals surface area contributed by atoms with Gasteiger partial charge in [-0.15, -0.1) is 0 Å². The lowest BCUT2D eigenvalue weighted by Gasteiger charge is -2.02. The predicted octanol–water partition coefficient (Wildman–Crippen LogP) is 0.729. The lowest BCUT2D eigenvalue weighted by atomic mass is 10.5. The summed E-state index contributed by atoms with van der Waals surface area (Å²) in [4.78, 5) is 0. The number of aryl methyl sites for hydroxylation is 1. The molecule has 74 valence electrons. The summed E-state index contributed by atoms with van der Waals surface area (Å²) in [6.07, 6.45) is 7.49. The highest BCUT2D eigenvalue weighted by Crippen LogP contribution is 2.02. The molecule has 0 saturated heterocycles. The molecule has 0 radical (unpaired) electrons. The molecule has 14 heavy (non-hydrogen) atoms. The van der Waals surface area contributed by atoms with Crippen molar-refractivity contribution in [3.63, 3.8) is 0 Å². The summed E-state index contributed by atoms with van der Waals surface area (Å²) in [6, 6.07) is 1.92. The van der Waals surface area contributed by atoms with Crippen LogP contribution in [-0.4, -0.2) is 26.1 Å². The van der Waals surface area contributed by atoms with E-state index in [9.17, 15) is 0 Å². The molecule has 0 spiro atoms. The maximum absolute atomic E-state index is 4.11. The second-order valence-corrected chi connectivity index (χ2v) is 3.10. The molecule has 0 saturated carbocycles. The van der Waals surface area contributed by atoms with E-state index >= 15 is 0 Å². The first-order valence-electron chi connectivity index (χ1n) is 4.54. The Labute approximate surface area is 82.3 Å². The van der Waals surface area contributed by atoms with Gasteiger partial charge in [0, 0.05) is 32.2 Å². The largest absolute Gasteiger partial charge is 0.381 e. The van der Waals surface area contributed by atoms with E-state index in [-0.39, 0.29) is 0 Å². The van der Waals surface area contributed by atoms with Crippen LogP contribution in [0.4, 0.5) is 5.69 Å². The minimum absolute atomic E-state index is 0.855. The zero-order valence-corrected chi connectivity index (χ0v) is 8.09. The molecule has 0 aliphatic carbocycles. The van der Waals surface area contributed by atoms with Crippen LogP contribution >= 0.6 is 0 Å². The number of nitrogens with zero attached hydrogens (tertiary/aromatic N) is 4. The number of anilines is 1. The van der Waals surface area contributed by atoms with Gasteiger partial charge in [0.25, 0.3) is 0 Å². The summed E-state index contributed by atoms with van der Waals surface area (Å²) in [6.45, 7) is 1.72. The molecule has 0 amide bonds. The number of aromatic nitrogens is 4. The molecule has 0 atom stereocenters. The normalized spacial score (nSPS) is 10.4. The Morgan fingerprint density at radius 1 is 1.43 bits per heavy atom. The maximum Gasteiger partial charge on any atom is 0.0726 e. The quantitative estimate of drug-likeness (QED) is 0.775. The molecule has 0 aliphatic rings. The SMILES string of the molecule is Cn1cc(NCCn2cccn2)cn1. The van der Waals surface area contributed by atoms with Crippen molar-refractivity contribution in [2.24, 2.45) is 7.05 Å². The van der Waals surface area contributed by atoms with Gasteiger partial charge in [-0.3, -0.25) is 9.36 Å². The van der Waals surface area contributed by atoms with Gasteiger partial charge >= 0.3 is 0 Å². The van der Waals surface area contributed by atoms with Crippen LogP contribution in [0.15, 0.2) is 30.9 Å².